The zero-order valence-corrected chi connectivity index (χ0v) is 18.2. The fourth-order valence-corrected chi connectivity index (χ4v) is 3.72. The fraction of sp³-hybridized carbons (Fsp3) is 0.227. The third-order valence-corrected chi connectivity index (χ3v) is 5.63. The second-order valence-corrected chi connectivity index (χ2v) is 8.35. The average molecular weight is 473 g/mol. The highest BCUT2D eigenvalue weighted by Crippen LogP contribution is 2.29. The molecule has 0 radical (unpaired) electrons. The Balaban J connectivity index is 1.47. The van der Waals surface area contributed by atoms with E-state index < -0.39 is 0 Å². The van der Waals surface area contributed by atoms with E-state index in [1.54, 1.807) is 23.1 Å². The molecule has 1 aromatic heterocycles. The topological polar surface area (TPSA) is 59.2 Å². The van der Waals surface area contributed by atoms with Crippen LogP contribution >= 0.6 is 27.5 Å². The summed E-state index contributed by atoms with van der Waals surface area (Å²) in [5.74, 6) is 0.769. The zero-order valence-electron chi connectivity index (χ0n) is 15.8. The van der Waals surface area contributed by atoms with Crippen LogP contribution in [0.5, 0.6) is 0 Å². The van der Waals surface area contributed by atoms with Gasteiger partial charge in [0, 0.05) is 27.2 Å². The molecule has 0 spiro atoms. The van der Waals surface area contributed by atoms with Crippen molar-refractivity contribution in [2.75, 3.05) is 0 Å². The molecular formula is C22H19BrClN3O2. The Morgan fingerprint density at radius 1 is 1.24 bits per heavy atom. The first-order valence-electron chi connectivity index (χ1n) is 9.33. The molecule has 0 aliphatic heterocycles. The van der Waals surface area contributed by atoms with Gasteiger partial charge in [-0.2, -0.15) is 0 Å². The molecule has 2 aromatic carbocycles. The molecule has 3 aromatic rings. The predicted molar refractivity (Wildman–Crippen MR) is 116 cm³/mol. The second kappa shape index (κ2) is 8.51. The van der Waals surface area contributed by atoms with E-state index in [1.807, 2.05) is 43.3 Å². The molecule has 29 heavy (non-hydrogen) atoms. The normalized spacial score (nSPS) is 13.8. The van der Waals surface area contributed by atoms with Crippen LogP contribution in [0.15, 0.2) is 57.4 Å². The predicted octanol–water partition coefficient (Wildman–Crippen LogP) is 5.67. The van der Waals surface area contributed by atoms with Gasteiger partial charge in [0.05, 0.1) is 6.54 Å². The minimum Gasteiger partial charge on any atom is -0.419 e. The molecule has 1 aliphatic carbocycles. The number of aromatic nitrogens is 2. The molecule has 1 saturated carbocycles. The molecule has 0 atom stereocenters. The number of benzene rings is 2. The van der Waals surface area contributed by atoms with Gasteiger partial charge in [-0.05, 0) is 67.3 Å². The molecule has 1 fully saturated rings. The molecular weight excluding hydrogens is 454 g/mol. The van der Waals surface area contributed by atoms with Crippen LogP contribution in [0.2, 0.25) is 5.02 Å². The number of aryl methyl sites for hydroxylation is 1. The second-order valence-electron chi connectivity index (χ2n) is 7.06. The number of halogens is 2. The van der Waals surface area contributed by atoms with Crippen molar-refractivity contribution in [2.24, 2.45) is 0 Å². The van der Waals surface area contributed by atoms with Gasteiger partial charge in [-0.15, -0.1) is 10.2 Å². The lowest BCUT2D eigenvalue weighted by Crippen LogP contribution is -2.31. The van der Waals surface area contributed by atoms with Crippen molar-refractivity contribution in [3.05, 3.63) is 75.1 Å². The number of carbonyl (C=O) groups is 1. The van der Waals surface area contributed by atoms with E-state index in [4.69, 9.17) is 16.0 Å². The first-order valence-corrected chi connectivity index (χ1v) is 10.5. The van der Waals surface area contributed by atoms with Crippen molar-refractivity contribution in [3.63, 3.8) is 0 Å². The third-order valence-electron chi connectivity index (χ3n) is 4.70. The monoisotopic (exact) mass is 471 g/mol. The van der Waals surface area contributed by atoms with Crippen molar-refractivity contribution in [1.29, 1.82) is 0 Å². The van der Waals surface area contributed by atoms with Crippen molar-refractivity contribution >= 4 is 39.5 Å². The quantitative estimate of drug-likeness (QED) is 0.434. The van der Waals surface area contributed by atoms with Crippen LogP contribution in [-0.2, 0) is 11.3 Å². The maximum Gasteiger partial charge on any atom is 0.247 e. The standard InChI is InChI=1S/C22H19BrClN3O2/c1-14-2-3-15(19(23)12-14)6-11-21(28)27(18-9-10-18)13-20-25-26-22(29-20)16-4-7-17(24)8-5-16/h2-8,11-12,18H,9-10,13H2,1H3/b11-6+. The number of carbonyl (C=O) groups excluding carboxylic acids is 1. The highest BCUT2D eigenvalue weighted by molar-refractivity contribution is 9.10. The Kier molecular flexibility index (Phi) is 5.83. The van der Waals surface area contributed by atoms with Gasteiger partial charge in [-0.1, -0.05) is 39.7 Å². The van der Waals surface area contributed by atoms with Gasteiger partial charge in [-0.3, -0.25) is 4.79 Å². The third kappa shape index (κ3) is 4.95. The molecule has 0 N–H and O–H groups in total. The summed E-state index contributed by atoms with van der Waals surface area (Å²) >= 11 is 9.46. The largest absolute Gasteiger partial charge is 0.419 e. The summed E-state index contributed by atoms with van der Waals surface area (Å²) in [6, 6.07) is 13.4. The lowest BCUT2D eigenvalue weighted by molar-refractivity contribution is -0.127. The smallest absolute Gasteiger partial charge is 0.247 e. The van der Waals surface area contributed by atoms with Gasteiger partial charge in [0.1, 0.15) is 0 Å². The summed E-state index contributed by atoms with van der Waals surface area (Å²) in [5, 5.41) is 8.86. The van der Waals surface area contributed by atoms with Gasteiger partial charge < -0.3 is 9.32 Å². The van der Waals surface area contributed by atoms with Crippen molar-refractivity contribution in [2.45, 2.75) is 32.4 Å². The molecule has 1 amide bonds. The first-order chi connectivity index (χ1) is 14.0. The molecule has 7 heteroatoms. The highest BCUT2D eigenvalue weighted by atomic mass is 79.9. The molecule has 0 unspecified atom stereocenters. The van der Waals surface area contributed by atoms with Gasteiger partial charge in [0.25, 0.3) is 0 Å². The van der Waals surface area contributed by atoms with Crippen LogP contribution in [0, 0.1) is 6.92 Å². The van der Waals surface area contributed by atoms with Crippen LogP contribution in [0.25, 0.3) is 17.5 Å². The number of hydrogen-bond donors (Lipinski definition) is 0. The number of hydrogen-bond acceptors (Lipinski definition) is 4. The van der Waals surface area contributed by atoms with Crippen LogP contribution in [-0.4, -0.2) is 27.0 Å². The summed E-state index contributed by atoms with van der Waals surface area (Å²) < 4.78 is 6.73. The molecule has 4 rings (SSSR count). The van der Waals surface area contributed by atoms with E-state index in [2.05, 4.69) is 26.1 Å². The van der Waals surface area contributed by atoms with E-state index in [9.17, 15) is 4.79 Å². The summed E-state index contributed by atoms with van der Waals surface area (Å²) in [6.07, 6.45) is 5.41. The molecule has 5 nitrogen and oxygen atoms in total. The van der Waals surface area contributed by atoms with Crippen LogP contribution in [0.3, 0.4) is 0 Å². The van der Waals surface area contributed by atoms with Gasteiger partial charge >= 0.3 is 0 Å². The average Bonchev–Trinajstić information content (AvgIpc) is 3.43. The summed E-state index contributed by atoms with van der Waals surface area (Å²) in [5.41, 5.74) is 2.91. The van der Waals surface area contributed by atoms with E-state index in [-0.39, 0.29) is 11.9 Å². The minimum atomic E-state index is -0.0637. The molecule has 0 saturated heterocycles. The Morgan fingerprint density at radius 2 is 2.00 bits per heavy atom. The SMILES string of the molecule is Cc1ccc(/C=C/C(=O)N(Cc2nnc(-c3ccc(Cl)cc3)o2)C2CC2)c(Br)c1. The lowest BCUT2D eigenvalue weighted by Gasteiger charge is -2.18. The van der Waals surface area contributed by atoms with E-state index >= 15 is 0 Å². The van der Waals surface area contributed by atoms with Gasteiger partial charge in [0.15, 0.2) is 0 Å². The minimum absolute atomic E-state index is 0.0637. The number of rotatable bonds is 6. The molecule has 1 heterocycles. The first kappa shape index (κ1) is 19.9. The lowest BCUT2D eigenvalue weighted by atomic mass is 10.1. The Hall–Kier alpha value is -2.44. The van der Waals surface area contributed by atoms with E-state index in [1.165, 1.54) is 0 Å². The number of nitrogens with zero attached hydrogens (tertiary/aromatic N) is 3. The summed E-state index contributed by atoms with van der Waals surface area (Å²) in [7, 11) is 0. The van der Waals surface area contributed by atoms with Gasteiger partial charge in [-0.25, -0.2) is 0 Å². The number of amides is 1. The Labute approximate surface area is 182 Å². The Morgan fingerprint density at radius 3 is 2.69 bits per heavy atom. The summed E-state index contributed by atoms with van der Waals surface area (Å²) in [6.45, 7) is 2.32. The van der Waals surface area contributed by atoms with Gasteiger partial charge in [0.2, 0.25) is 17.7 Å². The summed E-state index contributed by atoms with van der Waals surface area (Å²) in [4.78, 5) is 14.6. The Bertz CT molecular complexity index is 1060. The molecule has 148 valence electrons. The molecule has 0 bridgehead atoms. The highest BCUT2D eigenvalue weighted by Gasteiger charge is 2.32. The van der Waals surface area contributed by atoms with Crippen LogP contribution in [0.4, 0.5) is 0 Å². The molecule has 1 aliphatic rings. The maximum absolute atomic E-state index is 12.8. The van der Waals surface area contributed by atoms with Crippen molar-refractivity contribution in [3.8, 4) is 11.5 Å². The van der Waals surface area contributed by atoms with Crippen LogP contribution < -0.4 is 0 Å². The van der Waals surface area contributed by atoms with E-state index in [0.717, 1.165) is 34.0 Å². The maximum atomic E-state index is 12.8. The zero-order chi connectivity index (χ0) is 20.4. The van der Waals surface area contributed by atoms with Crippen LogP contribution in [0.1, 0.15) is 29.9 Å². The fourth-order valence-electron chi connectivity index (χ4n) is 2.97. The van der Waals surface area contributed by atoms with Crippen molar-refractivity contribution < 1.29 is 9.21 Å². The van der Waals surface area contributed by atoms with Crippen molar-refractivity contribution in [1.82, 2.24) is 15.1 Å². The van der Waals surface area contributed by atoms with E-state index in [0.29, 0.717) is 23.3 Å².